The van der Waals surface area contributed by atoms with Crippen LogP contribution in [-0.2, 0) is 0 Å². The zero-order valence-electron chi connectivity index (χ0n) is 16.1. The number of hydrogen-bond acceptors (Lipinski definition) is 8. The summed E-state index contributed by atoms with van der Waals surface area (Å²) in [6, 6.07) is 8.43. The van der Waals surface area contributed by atoms with Gasteiger partial charge in [0.25, 0.3) is 5.91 Å². The lowest BCUT2D eigenvalue weighted by Crippen LogP contribution is -2.18. The average Bonchev–Trinajstić information content (AvgIpc) is 3.18. The predicted molar refractivity (Wildman–Crippen MR) is 102 cm³/mol. The van der Waals surface area contributed by atoms with Gasteiger partial charge in [-0.1, -0.05) is 0 Å². The first-order valence-corrected chi connectivity index (χ1v) is 8.83. The van der Waals surface area contributed by atoms with Gasteiger partial charge in [0, 0.05) is 11.3 Å². The highest BCUT2D eigenvalue weighted by atomic mass is 16.6. The molecule has 0 saturated heterocycles. The second-order valence-electron chi connectivity index (χ2n) is 6.18. The fourth-order valence-corrected chi connectivity index (χ4v) is 3.00. The predicted octanol–water partition coefficient (Wildman–Crippen LogP) is 2.01. The highest BCUT2D eigenvalue weighted by Gasteiger charge is 2.21. The second-order valence-corrected chi connectivity index (χ2v) is 6.18. The Morgan fingerprint density at radius 3 is 2.62 bits per heavy atom. The summed E-state index contributed by atoms with van der Waals surface area (Å²) in [6.07, 6.45) is 0. The van der Waals surface area contributed by atoms with Gasteiger partial charge in [-0.25, -0.2) is 0 Å². The summed E-state index contributed by atoms with van der Waals surface area (Å²) in [5, 5.41) is 14.4. The first-order valence-electron chi connectivity index (χ1n) is 8.83. The Balaban J connectivity index is 1.65. The molecular formula is C19H19N5O5. The molecule has 1 N–H and O–H groups in total. The molecule has 29 heavy (non-hydrogen) atoms. The monoisotopic (exact) mass is 397 g/mol. The van der Waals surface area contributed by atoms with Gasteiger partial charge < -0.3 is 24.3 Å². The first kappa shape index (κ1) is 18.5. The van der Waals surface area contributed by atoms with E-state index >= 15 is 0 Å². The molecule has 4 rings (SSSR count). The number of nitrogens with one attached hydrogen (secondary N) is 1. The lowest BCUT2D eigenvalue weighted by Gasteiger charge is -2.21. The van der Waals surface area contributed by atoms with E-state index < -0.39 is 0 Å². The molecule has 10 nitrogen and oxygen atoms in total. The minimum absolute atomic E-state index is 0.329. The van der Waals surface area contributed by atoms with E-state index in [0.717, 1.165) is 0 Å². The number of anilines is 1. The highest BCUT2D eigenvalue weighted by Crippen LogP contribution is 2.40. The van der Waals surface area contributed by atoms with Crippen molar-refractivity contribution in [2.24, 2.45) is 0 Å². The van der Waals surface area contributed by atoms with Crippen LogP contribution in [0.2, 0.25) is 0 Å². The topological polar surface area (TPSA) is 110 Å². The summed E-state index contributed by atoms with van der Waals surface area (Å²) in [6.45, 7) is 2.61. The summed E-state index contributed by atoms with van der Waals surface area (Å²) in [5.41, 5.74) is 1.53. The van der Waals surface area contributed by atoms with Gasteiger partial charge in [0.15, 0.2) is 17.3 Å². The number of nitrogens with zero attached hydrogens (tertiary/aromatic N) is 4. The second kappa shape index (κ2) is 7.66. The zero-order valence-corrected chi connectivity index (χ0v) is 16.1. The van der Waals surface area contributed by atoms with Gasteiger partial charge in [-0.3, -0.25) is 4.79 Å². The highest BCUT2D eigenvalue weighted by molar-refractivity contribution is 6.05. The molecule has 2 heterocycles. The Morgan fingerprint density at radius 2 is 1.90 bits per heavy atom. The van der Waals surface area contributed by atoms with E-state index in [1.165, 1.54) is 11.8 Å². The molecule has 1 aromatic heterocycles. The van der Waals surface area contributed by atoms with E-state index in [1.807, 2.05) is 0 Å². The Labute approximate surface area is 166 Å². The maximum Gasteiger partial charge on any atom is 0.255 e. The SMILES string of the molecule is COc1ccc(NC(=O)c2cc(OC)c3c(c2)OCCO3)cc1-n1nnnc1C. The van der Waals surface area contributed by atoms with Gasteiger partial charge in [0.1, 0.15) is 24.7 Å². The Bertz CT molecular complexity index is 1050. The van der Waals surface area contributed by atoms with Crippen molar-refractivity contribution in [1.29, 1.82) is 0 Å². The minimum atomic E-state index is -0.329. The summed E-state index contributed by atoms with van der Waals surface area (Å²) < 4.78 is 23.4. The number of rotatable bonds is 5. The van der Waals surface area contributed by atoms with E-state index in [1.54, 1.807) is 44.4 Å². The van der Waals surface area contributed by atoms with Crippen LogP contribution in [-0.4, -0.2) is 53.5 Å². The third-order valence-electron chi connectivity index (χ3n) is 4.38. The summed E-state index contributed by atoms with van der Waals surface area (Å²) in [7, 11) is 3.07. The van der Waals surface area contributed by atoms with Crippen molar-refractivity contribution in [3.63, 3.8) is 0 Å². The van der Waals surface area contributed by atoms with Crippen LogP contribution in [0.5, 0.6) is 23.0 Å². The fraction of sp³-hybridized carbons (Fsp3) is 0.263. The average molecular weight is 397 g/mol. The van der Waals surface area contributed by atoms with Crippen LogP contribution >= 0.6 is 0 Å². The van der Waals surface area contributed by atoms with Crippen LogP contribution in [0.3, 0.4) is 0 Å². The number of carbonyl (C=O) groups is 1. The number of ether oxygens (including phenoxy) is 4. The molecule has 1 aliphatic heterocycles. The number of carbonyl (C=O) groups excluding carboxylic acids is 1. The molecule has 0 radical (unpaired) electrons. The number of tetrazole rings is 1. The van der Waals surface area contributed by atoms with Crippen molar-refractivity contribution in [1.82, 2.24) is 20.2 Å². The van der Waals surface area contributed by atoms with Crippen molar-refractivity contribution >= 4 is 11.6 Å². The van der Waals surface area contributed by atoms with Crippen LogP contribution in [0.25, 0.3) is 5.69 Å². The van der Waals surface area contributed by atoms with E-state index in [0.29, 0.717) is 59.0 Å². The zero-order chi connectivity index (χ0) is 20.4. The number of hydrogen-bond donors (Lipinski definition) is 1. The van der Waals surface area contributed by atoms with E-state index in [-0.39, 0.29) is 5.91 Å². The lowest BCUT2D eigenvalue weighted by molar-refractivity contribution is 0.102. The quantitative estimate of drug-likeness (QED) is 0.696. The van der Waals surface area contributed by atoms with Gasteiger partial charge in [-0.15, -0.1) is 5.10 Å². The molecule has 1 amide bonds. The first-order chi connectivity index (χ1) is 14.1. The van der Waals surface area contributed by atoms with E-state index in [4.69, 9.17) is 18.9 Å². The molecular weight excluding hydrogens is 378 g/mol. The smallest absolute Gasteiger partial charge is 0.255 e. The van der Waals surface area contributed by atoms with Crippen LogP contribution in [0.1, 0.15) is 16.2 Å². The van der Waals surface area contributed by atoms with E-state index in [9.17, 15) is 4.79 Å². The molecule has 0 saturated carbocycles. The molecule has 150 valence electrons. The van der Waals surface area contributed by atoms with Gasteiger partial charge in [0.2, 0.25) is 5.75 Å². The maximum absolute atomic E-state index is 12.8. The Kier molecular flexibility index (Phi) is 4.90. The summed E-state index contributed by atoms with van der Waals surface area (Å²) >= 11 is 0. The fourth-order valence-electron chi connectivity index (χ4n) is 3.00. The largest absolute Gasteiger partial charge is 0.494 e. The van der Waals surface area contributed by atoms with Gasteiger partial charge >= 0.3 is 0 Å². The number of methoxy groups -OCH3 is 2. The van der Waals surface area contributed by atoms with Gasteiger partial charge in [-0.2, -0.15) is 4.68 Å². The molecule has 0 fully saturated rings. The summed E-state index contributed by atoms with van der Waals surface area (Å²) in [4.78, 5) is 12.8. The van der Waals surface area contributed by atoms with Crippen LogP contribution in [0, 0.1) is 6.92 Å². The van der Waals surface area contributed by atoms with Crippen molar-refractivity contribution in [2.45, 2.75) is 6.92 Å². The molecule has 0 aliphatic carbocycles. The third-order valence-corrected chi connectivity index (χ3v) is 4.38. The number of amides is 1. The normalized spacial score (nSPS) is 12.4. The summed E-state index contributed by atoms with van der Waals surface area (Å²) in [5.74, 6) is 2.23. The minimum Gasteiger partial charge on any atom is -0.494 e. The molecule has 1 aliphatic rings. The van der Waals surface area contributed by atoms with Gasteiger partial charge in [-0.05, 0) is 47.7 Å². The molecule has 0 spiro atoms. The molecule has 10 heteroatoms. The van der Waals surface area contributed by atoms with Crippen molar-refractivity contribution in [2.75, 3.05) is 32.8 Å². The van der Waals surface area contributed by atoms with Crippen molar-refractivity contribution in [3.8, 4) is 28.7 Å². The number of benzene rings is 2. The van der Waals surface area contributed by atoms with Crippen molar-refractivity contribution < 1.29 is 23.7 Å². The Morgan fingerprint density at radius 1 is 1.10 bits per heavy atom. The number of fused-ring (bicyclic) bond motifs is 1. The van der Waals surface area contributed by atoms with E-state index in [2.05, 4.69) is 20.8 Å². The molecule has 0 atom stereocenters. The van der Waals surface area contributed by atoms with Gasteiger partial charge in [0.05, 0.1) is 14.2 Å². The van der Waals surface area contributed by atoms with Crippen molar-refractivity contribution in [3.05, 3.63) is 41.7 Å². The molecule has 3 aromatic rings. The number of aryl methyl sites for hydroxylation is 1. The Hall–Kier alpha value is -3.82. The molecule has 0 unspecified atom stereocenters. The maximum atomic E-state index is 12.8. The van der Waals surface area contributed by atoms with Crippen LogP contribution in [0.15, 0.2) is 30.3 Å². The molecule has 0 bridgehead atoms. The van der Waals surface area contributed by atoms with Crippen LogP contribution < -0.4 is 24.3 Å². The lowest BCUT2D eigenvalue weighted by atomic mass is 10.1. The standard InChI is InChI=1S/C19H19N5O5/c1-11-21-22-23-24(11)14-10-13(4-5-15(14)26-2)20-19(25)12-8-16(27-3)18-17(9-12)28-6-7-29-18/h4-5,8-10H,6-7H2,1-3H3,(H,20,25). The third kappa shape index (κ3) is 3.51. The number of aromatic nitrogens is 4. The molecule has 2 aromatic carbocycles. The van der Waals surface area contributed by atoms with Crippen LogP contribution in [0.4, 0.5) is 5.69 Å².